The van der Waals surface area contributed by atoms with Gasteiger partial charge in [-0.25, -0.2) is 0 Å². The first kappa shape index (κ1) is 15.2. The van der Waals surface area contributed by atoms with Crippen LogP contribution in [0.4, 0.5) is 0 Å². The summed E-state index contributed by atoms with van der Waals surface area (Å²) in [5.41, 5.74) is 1.88. The van der Waals surface area contributed by atoms with Crippen molar-refractivity contribution in [3.8, 4) is 0 Å². The molecule has 3 atom stereocenters. The van der Waals surface area contributed by atoms with Crippen molar-refractivity contribution >= 4 is 5.91 Å². The van der Waals surface area contributed by atoms with Crippen LogP contribution < -0.4 is 10.6 Å². The van der Waals surface area contributed by atoms with Gasteiger partial charge in [0.25, 0.3) is 0 Å². The van der Waals surface area contributed by atoms with Crippen molar-refractivity contribution in [3.05, 3.63) is 23.5 Å². The van der Waals surface area contributed by atoms with Crippen LogP contribution in [0.2, 0.25) is 0 Å². The Morgan fingerprint density at radius 3 is 2.95 bits per heavy atom. The molecule has 22 heavy (non-hydrogen) atoms. The fourth-order valence-electron chi connectivity index (χ4n) is 3.78. The van der Waals surface area contributed by atoms with E-state index in [-0.39, 0.29) is 11.3 Å². The summed E-state index contributed by atoms with van der Waals surface area (Å²) < 4.78 is 0. The van der Waals surface area contributed by atoms with Gasteiger partial charge in [-0.2, -0.15) is 15.4 Å². The average Bonchev–Trinajstić information content (AvgIpc) is 3.21. The van der Waals surface area contributed by atoms with Gasteiger partial charge in [-0.1, -0.05) is 11.6 Å². The number of nitrogens with one attached hydrogen (secondary N) is 3. The molecule has 0 spiro atoms. The average molecular weight is 303 g/mol. The van der Waals surface area contributed by atoms with E-state index in [4.69, 9.17) is 0 Å². The lowest BCUT2D eigenvalue weighted by atomic mass is 9.70. The van der Waals surface area contributed by atoms with Crippen molar-refractivity contribution in [2.45, 2.75) is 58.0 Å². The highest BCUT2D eigenvalue weighted by molar-refractivity contribution is 5.84. The predicted octanol–water partition coefficient (Wildman–Crippen LogP) is 1.33. The zero-order valence-electron chi connectivity index (χ0n) is 13.4. The van der Waals surface area contributed by atoms with Crippen molar-refractivity contribution in [1.29, 1.82) is 0 Å². The second-order valence-electron chi connectivity index (χ2n) is 6.81. The normalized spacial score (nSPS) is 29.5. The maximum absolute atomic E-state index is 12.9. The van der Waals surface area contributed by atoms with Crippen molar-refractivity contribution < 1.29 is 4.79 Å². The molecular formula is C16H25N5O. The van der Waals surface area contributed by atoms with E-state index in [0.717, 1.165) is 25.0 Å². The number of hydrogen-bond acceptors (Lipinski definition) is 4. The van der Waals surface area contributed by atoms with Crippen LogP contribution in [0, 0.1) is 5.41 Å². The van der Waals surface area contributed by atoms with Gasteiger partial charge in [-0.05, 0) is 39.5 Å². The fourth-order valence-corrected chi connectivity index (χ4v) is 3.78. The highest BCUT2D eigenvalue weighted by atomic mass is 16.2. The Morgan fingerprint density at radius 1 is 1.50 bits per heavy atom. The lowest BCUT2D eigenvalue weighted by molar-refractivity contribution is -0.132. The molecule has 2 aliphatic rings. The minimum absolute atomic E-state index is 0.188. The van der Waals surface area contributed by atoms with Gasteiger partial charge in [0.1, 0.15) is 0 Å². The van der Waals surface area contributed by atoms with Gasteiger partial charge in [0.05, 0.1) is 17.3 Å². The number of aromatic nitrogens is 3. The first-order valence-corrected chi connectivity index (χ1v) is 8.12. The molecule has 0 unspecified atom stereocenters. The van der Waals surface area contributed by atoms with Crippen LogP contribution in [-0.4, -0.2) is 39.9 Å². The molecule has 2 bridgehead atoms. The third-order valence-electron chi connectivity index (χ3n) is 4.98. The van der Waals surface area contributed by atoms with Gasteiger partial charge >= 0.3 is 0 Å². The number of aromatic amines is 1. The lowest BCUT2D eigenvalue weighted by Gasteiger charge is -2.34. The van der Waals surface area contributed by atoms with Gasteiger partial charge in [0, 0.05) is 25.0 Å². The summed E-state index contributed by atoms with van der Waals surface area (Å²) in [5, 5.41) is 17.1. The van der Waals surface area contributed by atoms with Crippen LogP contribution in [0.5, 0.6) is 0 Å². The molecule has 1 aromatic heterocycles. The maximum Gasteiger partial charge on any atom is 0.228 e. The van der Waals surface area contributed by atoms with E-state index < -0.39 is 0 Å². The smallest absolute Gasteiger partial charge is 0.228 e. The van der Waals surface area contributed by atoms with Crippen molar-refractivity contribution in [2.75, 3.05) is 6.54 Å². The summed E-state index contributed by atoms with van der Waals surface area (Å²) in [6.07, 6.45) is 8.72. The Bertz CT molecular complexity index is 549. The van der Waals surface area contributed by atoms with Crippen LogP contribution in [0.15, 0.2) is 17.8 Å². The molecule has 2 aliphatic heterocycles. The molecular weight excluding hydrogens is 278 g/mol. The number of rotatable bonds is 6. The van der Waals surface area contributed by atoms with Gasteiger partial charge < -0.3 is 10.6 Å². The number of allylic oxidation sites excluding steroid dienone is 2. The second-order valence-corrected chi connectivity index (χ2v) is 6.81. The van der Waals surface area contributed by atoms with Crippen molar-refractivity contribution in [3.63, 3.8) is 0 Å². The first-order chi connectivity index (χ1) is 10.6. The van der Waals surface area contributed by atoms with E-state index in [1.54, 1.807) is 6.20 Å². The van der Waals surface area contributed by atoms with Crippen LogP contribution >= 0.6 is 0 Å². The summed E-state index contributed by atoms with van der Waals surface area (Å²) in [7, 11) is 0. The summed E-state index contributed by atoms with van der Waals surface area (Å²) in [6, 6.07) is 0.831. The Labute approximate surface area is 131 Å². The minimum atomic E-state index is -0.274. The topological polar surface area (TPSA) is 82.7 Å². The van der Waals surface area contributed by atoms with Crippen LogP contribution in [-0.2, 0) is 11.2 Å². The number of H-pyrrole nitrogens is 1. The molecule has 1 amide bonds. The molecule has 6 nitrogen and oxygen atoms in total. The number of fused-ring (bicyclic) bond motifs is 2. The Kier molecular flexibility index (Phi) is 4.29. The zero-order valence-corrected chi connectivity index (χ0v) is 13.4. The molecule has 0 saturated carbocycles. The summed E-state index contributed by atoms with van der Waals surface area (Å²) in [4.78, 5) is 12.9. The minimum Gasteiger partial charge on any atom is -0.355 e. The lowest BCUT2D eigenvalue weighted by Crippen LogP contribution is -2.48. The molecule has 3 rings (SSSR count). The first-order valence-electron chi connectivity index (χ1n) is 8.12. The number of amides is 1. The van der Waals surface area contributed by atoms with Crippen LogP contribution in [0.25, 0.3) is 0 Å². The van der Waals surface area contributed by atoms with E-state index in [2.05, 4.69) is 46.0 Å². The Morgan fingerprint density at radius 2 is 2.36 bits per heavy atom. The molecule has 0 aromatic carbocycles. The quantitative estimate of drug-likeness (QED) is 0.692. The third kappa shape index (κ3) is 2.92. The molecule has 0 aliphatic carbocycles. The molecule has 3 heterocycles. The second kappa shape index (κ2) is 6.20. The van der Waals surface area contributed by atoms with E-state index >= 15 is 0 Å². The standard InChI is InChI=1S/C16H25N5O/c1-11(2)5-7-16(9-12-3-4-14(16)19-12)15(22)17-8-6-13-10-18-21-20-13/h5,10,12,14,19H,3-4,6-9H2,1-2H3,(H,17,22)(H,18,20,21)/t12-,14+,16+/m0/s1. The van der Waals surface area contributed by atoms with Crippen LogP contribution in [0.1, 0.15) is 45.2 Å². The zero-order chi connectivity index (χ0) is 15.6. The molecule has 6 heteroatoms. The van der Waals surface area contributed by atoms with Crippen molar-refractivity contribution in [1.82, 2.24) is 26.0 Å². The molecule has 3 N–H and O–H groups in total. The molecule has 2 saturated heterocycles. The highest BCUT2D eigenvalue weighted by Gasteiger charge is 2.54. The molecule has 120 valence electrons. The largest absolute Gasteiger partial charge is 0.355 e. The summed E-state index contributed by atoms with van der Waals surface area (Å²) in [6.45, 7) is 4.80. The summed E-state index contributed by atoms with van der Waals surface area (Å²) >= 11 is 0. The van der Waals surface area contributed by atoms with Gasteiger partial charge in [0.2, 0.25) is 5.91 Å². The predicted molar refractivity (Wildman–Crippen MR) is 84.1 cm³/mol. The van der Waals surface area contributed by atoms with Crippen LogP contribution in [0.3, 0.4) is 0 Å². The van der Waals surface area contributed by atoms with Crippen molar-refractivity contribution in [2.24, 2.45) is 5.41 Å². The third-order valence-corrected chi connectivity index (χ3v) is 4.98. The monoisotopic (exact) mass is 303 g/mol. The SMILES string of the molecule is CC(C)=CC[C@@]1(C(=O)NCCc2cn[nH]n2)C[C@@H]2CC[C@H]1N2. The fraction of sp³-hybridized carbons (Fsp3) is 0.688. The molecule has 2 fully saturated rings. The van der Waals surface area contributed by atoms with E-state index in [0.29, 0.717) is 25.0 Å². The van der Waals surface area contributed by atoms with E-state index in [9.17, 15) is 4.79 Å². The summed E-state index contributed by atoms with van der Waals surface area (Å²) in [5.74, 6) is 0.188. The van der Waals surface area contributed by atoms with Gasteiger partial charge in [-0.3, -0.25) is 4.79 Å². The Balaban J connectivity index is 1.64. The van der Waals surface area contributed by atoms with Gasteiger partial charge in [0.15, 0.2) is 0 Å². The molecule has 0 radical (unpaired) electrons. The number of carbonyl (C=O) groups is 1. The molecule has 1 aromatic rings. The number of hydrogen-bond donors (Lipinski definition) is 3. The van der Waals surface area contributed by atoms with E-state index in [1.807, 2.05) is 0 Å². The number of nitrogens with zero attached hydrogens (tertiary/aromatic N) is 2. The highest BCUT2D eigenvalue weighted by Crippen LogP contribution is 2.46. The number of carbonyl (C=O) groups excluding carboxylic acids is 1. The Hall–Kier alpha value is -1.69. The van der Waals surface area contributed by atoms with Gasteiger partial charge in [-0.15, -0.1) is 0 Å². The maximum atomic E-state index is 12.9. The van der Waals surface area contributed by atoms with E-state index in [1.165, 1.54) is 12.0 Å².